The van der Waals surface area contributed by atoms with Crippen LogP contribution in [0.2, 0.25) is 0 Å². The average molecular weight is 403 g/mol. The van der Waals surface area contributed by atoms with Gasteiger partial charge in [0.2, 0.25) is 5.91 Å². The normalized spacial score (nSPS) is 27.2. The molecular weight excluding hydrogens is 378 g/mol. The molecule has 0 aromatic heterocycles. The van der Waals surface area contributed by atoms with E-state index < -0.39 is 0 Å². The maximum absolute atomic E-state index is 12.3. The Bertz CT molecular complexity index is 569. The molecule has 1 aliphatic heterocycles. The average Bonchev–Trinajstić information content (AvgIpc) is 2.87. The van der Waals surface area contributed by atoms with Crippen LogP contribution < -0.4 is 11.1 Å². The lowest BCUT2D eigenvalue weighted by Crippen LogP contribution is -2.38. The van der Waals surface area contributed by atoms with E-state index in [4.69, 9.17) is 5.73 Å². The van der Waals surface area contributed by atoms with Crippen LogP contribution in [0.1, 0.15) is 24.8 Å². The SMILES string of the molecule is Cc1cc(NC(=O)CN2CC3CCCC(N)C3C2)ccc1Br.Cl. The van der Waals surface area contributed by atoms with Crippen molar-refractivity contribution >= 4 is 39.9 Å². The van der Waals surface area contributed by atoms with Crippen molar-refractivity contribution in [3.8, 4) is 0 Å². The molecule has 2 aliphatic rings. The lowest BCUT2D eigenvalue weighted by atomic mass is 9.78. The summed E-state index contributed by atoms with van der Waals surface area (Å²) in [5, 5.41) is 3.00. The van der Waals surface area contributed by atoms with Crippen LogP contribution in [0.4, 0.5) is 5.69 Å². The number of carbonyl (C=O) groups excluding carboxylic acids is 1. The third-order valence-corrected chi connectivity index (χ3v) is 5.93. The molecule has 3 unspecified atom stereocenters. The van der Waals surface area contributed by atoms with Gasteiger partial charge >= 0.3 is 0 Å². The summed E-state index contributed by atoms with van der Waals surface area (Å²) in [5.41, 5.74) is 8.22. The van der Waals surface area contributed by atoms with Crippen LogP contribution in [0.15, 0.2) is 22.7 Å². The second-order valence-electron chi connectivity index (χ2n) is 6.72. The van der Waals surface area contributed by atoms with E-state index in [1.54, 1.807) is 0 Å². The van der Waals surface area contributed by atoms with Crippen molar-refractivity contribution in [2.24, 2.45) is 17.6 Å². The molecule has 3 rings (SSSR count). The van der Waals surface area contributed by atoms with Gasteiger partial charge in [0.25, 0.3) is 0 Å². The molecule has 1 saturated heterocycles. The number of benzene rings is 1. The highest BCUT2D eigenvalue weighted by molar-refractivity contribution is 9.10. The smallest absolute Gasteiger partial charge is 0.238 e. The van der Waals surface area contributed by atoms with Crippen LogP contribution in [0.25, 0.3) is 0 Å². The molecule has 1 saturated carbocycles. The van der Waals surface area contributed by atoms with Gasteiger partial charge in [-0.2, -0.15) is 0 Å². The summed E-state index contributed by atoms with van der Waals surface area (Å²) < 4.78 is 1.06. The van der Waals surface area contributed by atoms with Gasteiger partial charge in [0, 0.05) is 29.3 Å². The molecule has 1 amide bonds. The Morgan fingerprint density at radius 3 is 2.87 bits per heavy atom. The molecule has 3 N–H and O–H groups in total. The van der Waals surface area contributed by atoms with Crippen molar-refractivity contribution in [2.75, 3.05) is 25.0 Å². The van der Waals surface area contributed by atoms with Crippen LogP contribution in [-0.4, -0.2) is 36.5 Å². The summed E-state index contributed by atoms with van der Waals surface area (Å²) in [7, 11) is 0. The van der Waals surface area contributed by atoms with Gasteiger partial charge in [-0.25, -0.2) is 0 Å². The molecule has 0 bridgehead atoms. The number of nitrogens with zero attached hydrogens (tertiary/aromatic N) is 1. The molecule has 0 radical (unpaired) electrons. The molecule has 6 heteroatoms. The first-order valence-corrected chi connectivity index (χ1v) is 8.86. The zero-order valence-electron chi connectivity index (χ0n) is 13.4. The van der Waals surface area contributed by atoms with E-state index in [1.165, 1.54) is 12.8 Å². The summed E-state index contributed by atoms with van der Waals surface area (Å²) >= 11 is 3.47. The van der Waals surface area contributed by atoms with E-state index in [-0.39, 0.29) is 18.3 Å². The minimum Gasteiger partial charge on any atom is -0.327 e. The zero-order valence-corrected chi connectivity index (χ0v) is 15.8. The third-order valence-electron chi connectivity index (χ3n) is 5.04. The zero-order chi connectivity index (χ0) is 15.7. The molecule has 1 aromatic rings. The van der Waals surface area contributed by atoms with Crippen molar-refractivity contribution in [1.82, 2.24) is 4.90 Å². The number of likely N-dealkylation sites (tertiary alicyclic amines) is 1. The predicted molar refractivity (Wildman–Crippen MR) is 100 cm³/mol. The fourth-order valence-electron chi connectivity index (χ4n) is 3.86. The van der Waals surface area contributed by atoms with Gasteiger partial charge in [0.15, 0.2) is 0 Å². The number of anilines is 1. The molecule has 0 spiro atoms. The number of hydrogen-bond donors (Lipinski definition) is 2. The number of halogens is 2. The minimum atomic E-state index is 0. The standard InChI is InChI=1S/C17H24BrN3O.ClH/c1-11-7-13(5-6-15(11)18)20-17(22)10-21-8-12-3-2-4-16(19)14(12)9-21;/h5-7,12,14,16H,2-4,8-10,19H2,1H3,(H,20,22);1H. The van der Waals surface area contributed by atoms with Gasteiger partial charge < -0.3 is 11.1 Å². The molecular formula is C17H25BrClN3O. The highest BCUT2D eigenvalue weighted by Crippen LogP contribution is 2.35. The van der Waals surface area contributed by atoms with Crippen LogP contribution in [0.5, 0.6) is 0 Å². The molecule has 23 heavy (non-hydrogen) atoms. The molecule has 2 fully saturated rings. The van der Waals surface area contributed by atoms with E-state index in [9.17, 15) is 4.79 Å². The second kappa shape index (κ2) is 7.97. The minimum absolute atomic E-state index is 0. The maximum Gasteiger partial charge on any atom is 0.238 e. The van der Waals surface area contributed by atoms with Gasteiger partial charge in [-0.1, -0.05) is 22.4 Å². The molecule has 4 nitrogen and oxygen atoms in total. The Kier molecular flexibility index (Phi) is 6.48. The number of fused-ring (bicyclic) bond motifs is 1. The fraction of sp³-hybridized carbons (Fsp3) is 0.588. The van der Waals surface area contributed by atoms with Crippen LogP contribution in [0, 0.1) is 18.8 Å². The Hall–Kier alpha value is -0.620. The van der Waals surface area contributed by atoms with Gasteiger partial charge in [-0.3, -0.25) is 9.69 Å². The number of nitrogens with two attached hydrogens (primary N) is 1. The summed E-state index contributed by atoms with van der Waals surface area (Å²) in [6.07, 6.45) is 3.64. The van der Waals surface area contributed by atoms with E-state index in [1.807, 2.05) is 25.1 Å². The van der Waals surface area contributed by atoms with Gasteiger partial charge in [-0.15, -0.1) is 12.4 Å². The second-order valence-corrected chi connectivity index (χ2v) is 7.58. The molecule has 1 aromatic carbocycles. The molecule has 3 atom stereocenters. The van der Waals surface area contributed by atoms with Crippen molar-refractivity contribution in [3.05, 3.63) is 28.2 Å². The van der Waals surface area contributed by atoms with Gasteiger partial charge in [-0.05, 0) is 55.4 Å². The monoisotopic (exact) mass is 401 g/mol. The lowest BCUT2D eigenvalue weighted by Gasteiger charge is -2.29. The number of nitrogens with one attached hydrogen (secondary N) is 1. The highest BCUT2D eigenvalue weighted by atomic mass is 79.9. The third kappa shape index (κ3) is 4.47. The number of aryl methyl sites for hydroxylation is 1. The van der Waals surface area contributed by atoms with Crippen LogP contribution >= 0.6 is 28.3 Å². The van der Waals surface area contributed by atoms with Gasteiger partial charge in [0.1, 0.15) is 0 Å². The predicted octanol–water partition coefficient (Wildman–Crippen LogP) is 3.18. The number of amides is 1. The first kappa shape index (κ1) is 18.7. The summed E-state index contributed by atoms with van der Waals surface area (Å²) in [5.74, 6) is 1.33. The summed E-state index contributed by atoms with van der Waals surface area (Å²) in [6.45, 7) is 4.48. The Morgan fingerprint density at radius 1 is 1.39 bits per heavy atom. The van der Waals surface area contributed by atoms with Crippen molar-refractivity contribution in [3.63, 3.8) is 0 Å². The van der Waals surface area contributed by atoms with E-state index in [0.29, 0.717) is 24.4 Å². The van der Waals surface area contributed by atoms with E-state index in [2.05, 4.69) is 26.1 Å². The number of carbonyl (C=O) groups is 1. The van der Waals surface area contributed by atoms with Gasteiger partial charge in [0.05, 0.1) is 6.54 Å². The molecule has 1 heterocycles. The van der Waals surface area contributed by atoms with Crippen LogP contribution in [-0.2, 0) is 4.79 Å². The van der Waals surface area contributed by atoms with E-state index in [0.717, 1.165) is 35.2 Å². The van der Waals surface area contributed by atoms with Crippen LogP contribution in [0.3, 0.4) is 0 Å². The number of hydrogen-bond acceptors (Lipinski definition) is 3. The highest BCUT2D eigenvalue weighted by Gasteiger charge is 2.38. The quantitative estimate of drug-likeness (QED) is 0.816. The summed E-state index contributed by atoms with van der Waals surface area (Å²) in [4.78, 5) is 14.5. The first-order valence-electron chi connectivity index (χ1n) is 8.07. The molecule has 1 aliphatic carbocycles. The first-order chi connectivity index (χ1) is 10.5. The Balaban J connectivity index is 0.00000192. The van der Waals surface area contributed by atoms with Crippen molar-refractivity contribution < 1.29 is 4.79 Å². The summed E-state index contributed by atoms with van der Waals surface area (Å²) in [6, 6.07) is 6.20. The molecule has 128 valence electrons. The Morgan fingerprint density at radius 2 is 2.17 bits per heavy atom. The maximum atomic E-state index is 12.3. The Labute approximate surface area is 152 Å². The largest absolute Gasteiger partial charge is 0.327 e. The number of rotatable bonds is 3. The topological polar surface area (TPSA) is 58.4 Å². The van der Waals surface area contributed by atoms with Crippen molar-refractivity contribution in [1.29, 1.82) is 0 Å². The fourth-order valence-corrected chi connectivity index (χ4v) is 4.11. The van der Waals surface area contributed by atoms with E-state index >= 15 is 0 Å². The lowest BCUT2D eigenvalue weighted by molar-refractivity contribution is -0.117. The van der Waals surface area contributed by atoms with Crippen molar-refractivity contribution in [2.45, 2.75) is 32.2 Å².